The Hall–Kier alpha value is -6.10. The van der Waals surface area contributed by atoms with Crippen LogP contribution in [0.4, 0.5) is 26.3 Å². The Morgan fingerprint density at radius 1 is 0.347 bits per heavy atom. The molecular weight excluding hydrogens is 996 g/mol. The molecule has 0 spiro atoms. The molecule has 72 heavy (non-hydrogen) atoms. The predicted octanol–water partition coefficient (Wildman–Crippen LogP) is 14.0. The van der Waals surface area contributed by atoms with Crippen LogP contribution >= 0.6 is 38.9 Å². The maximum absolute atomic E-state index is 14.9. The number of hydrogen-bond acceptors (Lipinski definition) is 5. The minimum atomic E-state index is -5.20. The van der Waals surface area contributed by atoms with Gasteiger partial charge in [0.2, 0.25) is 0 Å². The normalized spacial score (nSPS) is 13.3. The molecular formula is C58H47BF6O3P2S2. The van der Waals surface area contributed by atoms with Crippen LogP contribution in [0.3, 0.4) is 0 Å². The Morgan fingerprint density at radius 3 is 0.833 bits per heavy atom. The second-order valence-electron chi connectivity index (χ2n) is 17.4. The van der Waals surface area contributed by atoms with Gasteiger partial charge in [-0.25, -0.2) is 0 Å². The molecule has 0 fully saturated rings. The van der Waals surface area contributed by atoms with Crippen molar-refractivity contribution in [1.29, 1.82) is 0 Å². The Bertz CT molecular complexity index is 2820. The third-order valence-electron chi connectivity index (χ3n) is 13.1. The average Bonchev–Trinajstić information content (AvgIpc) is 3.40. The maximum atomic E-state index is 14.9. The Labute approximate surface area is 426 Å². The van der Waals surface area contributed by atoms with Gasteiger partial charge in [0.15, 0.2) is 0 Å². The van der Waals surface area contributed by atoms with E-state index in [0.717, 1.165) is 11.1 Å². The molecule has 0 aromatic heterocycles. The van der Waals surface area contributed by atoms with E-state index in [2.05, 4.69) is 25.3 Å². The number of rotatable bonds is 16. The summed E-state index contributed by atoms with van der Waals surface area (Å²) >= 11 is 9.25. The first-order valence-corrected chi connectivity index (χ1v) is 28.5. The molecule has 0 radical (unpaired) electrons. The van der Waals surface area contributed by atoms with Gasteiger partial charge in [-0.2, -0.15) is 0 Å². The molecule has 0 aliphatic rings. The van der Waals surface area contributed by atoms with E-state index in [0.29, 0.717) is 53.8 Å². The van der Waals surface area contributed by atoms with Gasteiger partial charge in [0.1, 0.15) is 0 Å². The zero-order valence-electron chi connectivity index (χ0n) is 38.4. The van der Waals surface area contributed by atoms with Crippen molar-refractivity contribution in [2.45, 2.75) is 34.5 Å². The van der Waals surface area contributed by atoms with Gasteiger partial charge < -0.3 is 0 Å². The van der Waals surface area contributed by atoms with Crippen molar-refractivity contribution in [3.8, 4) is 5.75 Å². The van der Waals surface area contributed by atoms with Crippen molar-refractivity contribution < 1.29 is 39.9 Å². The third kappa shape index (κ3) is 9.65. The zero-order valence-corrected chi connectivity index (χ0v) is 42.0. The Kier molecular flexibility index (Phi) is 14.4. The molecule has 0 bridgehead atoms. The molecule has 9 rings (SSSR count). The quantitative estimate of drug-likeness (QED) is 0.0437. The summed E-state index contributed by atoms with van der Waals surface area (Å²) in [4.78, 5) is 1.40. The molecule has 9 aromatic carbocycles. The Balaban J connectivity index is 1.47. The van der Waals surface area contributed by atoms with E-state index in [1.165, 1.54) is 0 Å². The first kappa shape index (κ1) is 50.8. The van der Waals surface area contributed by atoms with Crippen LogP contribution in [0.15, 0.2) is 259 Å². The second-order valence-corrected chi connectivity index (χ2v) is 27.5. The third-order valence-corrected chi connectivity index (χ3v) is 25.2. The molecule has 0 aliphatic heterocycles. The fourth-order valence-electron chi connectivity index (χ4n) is 9.79. The first-order valence-electron chi connectivity index (χ1n) is 22.9. The fourth-order valence-corrected chi connectivity index (χ4v) is 21.5. The van der Waals surface area contributed by atoms with Gasteiger partial charge in [-0.3, -0.25) is 0 Å². The first-order chi connectivity index (χ1) is 34.6. The molecule has 0 atom stereocenters. The molecule has 0 unspecified atom stereocenters. The molecule has 0 aliphatic carbocycles. The molecule has 3 nitrogen and oxygen atoms in total. The number of alkyl halides is 6. The van der Waals surface area contributed by atoms with Crippen molar-refractivity contribution in [2.75, 3.05) is 0 Å². The number of benzene rings is 9. The van der Waals surface area contributed by atoms with Crippen molar-refractivity contribution >= 4 is 78.1 Å². The summed E-state index contributed by atoms with van der Waals surface area (Å²) in [5.41, 5.74) is -1.55. The summed E-state index contributed by atoms with van der Waals surface area (Å²) in [5.74, 6) is -0.780. The van der Waals surface area contributed by atoms with Crippen molar-refractivity contribution in [3.05, 3.63) is 271 Å². The average molecular weight is 1040 g/mol. The van der Waals surface area contributed by atoms with Gasteiger partial charge in [-0.1, -0.05) is 0 Å². The van der Waals surface area contributed by atoms with Crippen LogP contribution in [-0.2, 0) is 33.6 Å². The topological polar surface area (TPSA) is 27.7 Å². The van der Waals surface area contributed by atoms with Crippen LogP contribution in [0.5, 0.6) is 5.75 Å². The molecule has 364 valence electrons. The van der Waals surface area contributed by atoms with E-state index in [-0.39, 0.29) is 18.4 Å². The molecule has 9 aromatic rings. The standard InChI is InChI=1S/C58H47BF6O3P2S2/c60-57(61,62)46-39-47(58(63,64)65)41-48(40-46)66-59(67-69(49-19-7-1-8-20-49,50-21-9-2-10-22-50,51-23-11-3-12-24-51)42-44-31-35-55(71)36-32-44)68-70(52-25-13-4-14-26-52,53-27-15-5-16-28-53,54-29-17-6-18-30-54)43-45-33-37-56(72)38-34-45/h1-41,71-72H,42-43H2. The van der Waals surface area contributed by atoms with Crippen LogP contribution in [0, 0.1) is 0 Å². The van der Waals surface area contributed by atoms with Gasteiger partial charge in [-0.15, -0.1) is 0 Å². The summed E-state index contributed by atoms with van der Waals surface area (Å²) in [6.07, 6.45) is -10.2. The van der Waals surface area contributed by atoms with E-state index >= 15 is 0 Å². The van der Waals surface area contributed by atoms with Crippen LogP contribution in [-0.4, -0.2) is 7.32 Å². The summed E-state index contributed by atoms with van der Waals surface area (Å²) in [5, 5.41) is 4.07. The van der Waals surface area contributed by atoms with E-state index in [9.17, 15) is 26.3 Å². The van der Waals surface area contributed by atoms with Crippen molar-refractivity contribution in [1.82, 2.24) is 0 Å². The SMILES string of the molecule is FC(F)(F)c1cc(OB(OP(Cc2ccc(S)cc2)(c2ccccc2)(c2ccccc2)c2ccccc2)OP(Cc2ccc(S)cc2)(c2ccccc2)(c2ccccc2)c2ccccc2)cc(C(F)(F)F)c1. The monoisotopic (exact) mass is 1040 g/mol. The minimum absolute atomic E-state index is 0.0790. The second kappa shape index (κ2) is 20.4. The fraction of sp³-hybridized carbons (Fsp3) is 0.0690. The number of thiol groups is 2. The van der Waals surface area contributed by atoms with Crippen LogP contribution in [0.2, 0.25) is 0 Å². The predicted molar refractivity (Wildman–Crippen MR) is 290 cm³/mol. The number of halogens is 6. The van der Waals surface area contributed by atoms with Gasteiger partial charge >= 0.3 is 429 Å². The summed E-state index contributed by atoms with van der Waals surface area (Å²) in [6, 6.07) is 73.5. The van der Waals surface area contributed by atoms with Crippen LogP contribution in [0.1, 0.15) is 22.3 Å². The van der Waals surface area contributed by atoms with E-state index in [1.54, 1.807) is 0 Å². The van der Waals surface area contributed by atoms with E-state index in [1.807, 2.05) is 231 Å². The van der Waals surface area contributed by atoms with Crippen molar-refractivity contribution in [2.24, 2.45) is 0 Å². The van der Waals surface area contributed by atoms with Crippen molar-refractivity contribution in [3.63, 3.8) is 0 Å². The van der Waals surface area contributed by atoms with E-state index < -0.39 is 50.2 Å². The molecule has 0 saturated carbocycles. The summed E-state index contributed by atoms with van der Waals surface area (Å²) < 4.78 is 113. The molecule has 0 heterocycles. The molecule has 0 N–H and O–H groups in total. The zero-order chi connectivity index (χ0) is 50.5. The molecule has 14 heteroatoms. The van der Waals surface area contributed by atoms with Crippen LogP contribution in [0.25, 0.3) is 0 Å². The summed E-state index contributed by atoms with van der Waals surface area (Å²) in [7, 11) is -2.10. The summed E-state index contributed by atoms with van der Waals surface area (Å²) in [6.45, 7) is -9.71. The molecule has 0 saturated heterocycles. The van der Waals surface area contributed by atoms with Gasteiger partial charge in [0, 0.05) is 0 Å². The molecule has 0 amide bonds. The number of hydrogen-bond donors (Lipinski definition) is 2. The Morgan fingerprint density at radius 2 is 0.597 bits per heavy atom. The van der Waals surface area contributed by atoms with Gasteiger partial charge in [0.05, 0.1) is 0 Å². The van der Waals surface area contributed by atoms with Crippen LogP contribution < -0.4 is 36.5 Å². The van der Waals surface area contributed by atoms with Gasteiger partial charge in [0.25, 0.3) is 0 Å². The van der Waals surface area contributed by atoms with E-state index in [4.69, 9.17) is 13.5 Å². The van der Waals surface area contributed by atoms with Gasteiger partial charge in [-0.05, 0) is 0 Å².